The summed E-state index contributed by atoms with van der Waals surface area (Å²) in [4.78, 5) is 10.6. The Morgan fingerprint density at radius 2 is 2.25 bits per heavy atom. The molecule has 0 aromatic heterocycles. The Morgan fingerprint density at radius 1 is 1.58 bits per heavy atom. The van der Waals surface area contributed by atoms with E-state index in [9.17, 15) is 9.90 Å². The maximum atomic E-state index is 10.8. The molecule has 3 nitrogen and oxygen atoms in total. The summed E-state index contributed by atoms with van der Waals surface area (Å²) >= 11 is 0. The van der Waals surface area contributed by atoms with Crippen LogP contribution in [0.15, 0.2) is 18.2 Å². The zero-order chi connectivity index (χ0) is 9.14. The maximum absolute atomic E-state index is 10.8. The van der Waals surface area contributed by atoms with Crippen molar-refractivity contribution in [3.05, 3.63) is 29.3 Å². The van der Waals surface area contributed by atoms with E-state index in [4.69, 9.17) is 5.11 Å². The van der Waals surface area contributed by atoms with Gasteiger partial charge in [-0.1, -0.05) is 19.1 Å². The normalized spacial score (nSPS) is 9.75. The summed E-state index contributed by atoms with van der Waals surface area (Å²) in [6, 6.07) is 3.98. The van der Waals surface area contributed by atoms with Crippen molar-refractivity contribution >= 4 is 5.97 Å². The third kappa shape index (κ3) is 1.56. The van der Waals surface area contributed by atoms with Crippen LogP contribution in [-0.2, 0) is 6.42 Å². The Labute approximate surface area is 70.3 Å². The van der Waals surface area contributed by atoms with Crippen molar-refractivity contribution in [1.29, 1.82) is 0 Å². The molecule has 0 saturated heterocycles. The molecule has 0 heterocycles. The predicted octanol–water partition coefficient (Wildman–Crippen LogP) is 1.02. The van der Waals surface area contributed by atoms with Crippen molar-refractivity contribution in [1.82, 2.24) is 0 Å². The Kier molecular flexibility index (Phi) is 2.33. The van der Waals surface area contributed by atoms with Crippen LogP contribution in [0.5, 0.6) is 5.75 Å². The molecule has 1 aromatic rings. The van der Waals surface area contributed by atoms with Gasteiger partial charge in [-0.15, -0.1) is 5.75 Å². The van der Waals surface area contributed by atoms with E-state index in [1.54, 1.807) is 0 Å². The van der Waals surface area contributed by atoms with Gasteiger partial charge in [0.2, 0.25) is 0 Å². The number of carboxylic acids is 1. The van der Waals surface area contributed by atoms with Crippen molar-refractivity contribution in [3.8, 4) is 5.75 Å². The molecule has 0 fully saturated rings. The lowest BCUT2D eigenvalue weighted by atomic mass is 10.1. The van der Waals surface area contributed by atoms with E-state index in [1.807, 2.05) is 6.92 Å². The minimum Gasteiger partial charge on any atom is -0.872 e. The van der Waals surface area contributed by atoms with Crippen molar-refractivity contribution < 1.29 is 15.0 Å². The van der Waals surface area contributed by atoms with Gasteiger partial charge in [-0.05, 0) is 18.1 Å². The summed E-state index contributed by atoms with van der Waals surface area (Å²) in [5.74, 6) is -1.12. The number of rotatable bonds is 2. The van der Waals surface area contributed by atoms with E-state index < -0.39 is 5.97 Å². The van der Waals surface area contributed by atoms with Crippen molar-refractivity contribution in [2.24, 2.45) is 0 Å². The van der Waals surface area contributed by atoms with Crippen LogP contribution in [0, 0.1) is 0 Å². The summed E-state index contributed by atoms with van der Waals surface area (Å²) in [6.45, 7) is 1.82. The number of hydrogen-bond acceptors (Lipinski definition) is 2. The highest BCUT2D eigenvalue weighted by molar-refractivity contribution is 5.89. The first kappa shape index (κ1) is 8.59. The SMILES string of the molecule is CCc1cc([O-])ccc1C(=O)O. The lowest BCUT2D eigenvalue weighted by molar-refractivity contribution is -0.268. The minimum atomic E-state index is -0.980. The molecular formula is C9H9O3-. The third-order valence-electron chi connectivity index (χ3n) is 1.69. The molecular weight excluding hydrogens is 156 g/mol. The van der Waals surface area contributed by atoms with E-state index >= 15 is 0 Å². The summed E-state index contributed by atoms with van der Waals surface area (Å²) < 4.78 is 0. The fourth-order valence-electron chi connectivity index (χ4n) is 1.07. The van der Waals surface area contributed by atoms with E-state index in [1.165, 1.54) is 18.2 Å². The monoisotopic (exact) mass is 165 g/mol. The first-order valence-electron chi connectivity index (χ1n) is 3.68. The Morgan fingerprint density at radius 3 is 2.75 bits per heavy atom. The van der Waals surface area contributed by atoms with E-state index in [2.05, 4.69) is 0 Å². The Bertz CT molecular complexity index is 305. The number of carbonyl (C=O) groups is 1. The summed E-state index contributed by atoms with van der Waals surface area (Å²) in [5.41, 5.74) is 0.812. The quantitative estimate of drug-likeness (QED) is 0.711. The highest BCUT2D eigenvalue weighted by Crippen LogP contribution is 2.14. The molecule has 0 saturated carbocycles. The fourth-order valence-corrected chi connectivity index (χ4v) is 1.07. The van der Waals surface area contributed by atoms with Gasteiger partial charge in [0, 0.05) is 0 Å². The van der Waals surface area contributed by atoms with Gasteiger partial charge in [-0.3, -0.25) is 0 Å². The molecule has 0 unspecified atom stereocenters. The Balaban J connectivity index is 3.20. The molecule has 0 aliphatic heterocycles. The van der Waals surface area contributed by atoms with Gasteiger partial charge in [0.1, 0.15) is 0 Å². The number of carboxylic acid groups (broad SMARTS) is 1. The summed E-state index contributed by atoms with van der Waals surface area (Å²) in [7, 11) is 0. The third-order valence-corrected chi connectivity index (χ3v) is 1.69. The molecule has 0 amide bonds. The molecule has 1 rings (SSSR count). The van der Waals surface area contributed by atoms with E-state index in [0.717, 1.165) is 0 Å². The minimum absolute atomic E-state index is 0.142. The second kappa shape index (κ2) is 3.26. The lowest BCUT2D eigenvalue weighted by Crippen LogP contribution is -2.02. The predicted molar refractivity (Wildman–Crippen MR) is 42.2 cm³/mol. The molecule has 64 valence electrons. The smallest absolute Gasteiger partial charge is 0.335 e. The molecule has 0 aliphatic rings. The maximum Gasteiger partial charge on any atom is 0.335 e. The topological polar surface area (TPSA) is 60.4 Å². The van der Waals surface area contributed by atoms with Crippen molar-refractivity contribution in [2.75, 3.05) is 0 Å². The molecule has 0 spiro atoms. The van der Waals surface area contributed by atoms with Crippen LogP contribution in [0.3, 0.4) is 0 Å². The van der Waals surface area contributed by atoms with Crippen LogP contribution < -0.4 is 5.11 Å². The zero-order valence-electron chi connectivity index (χ0n) is 6.70. The number of aromatic carboxylic acids is 1. The second-order valence-electron chi connectivity index (χ2n) is 2.48. The number of aryl methyl sites for hydroxylation is 1. The van der Waals surface area contributed by atoms with Crippen LogP contribution in [0.2, 0.25) is 0 Å². The van der Waals surface area contributed by atoms with Gasteiger partial charge in [0.25, 0.3) is 0 Å². The standard InChI is InChI=1S/C9H10O3/c1-2-6-5-7(10)3-4-8(6)9(11)12/h3-5,10H,2H2,1H3,(H,11,12)/p-1. The summed E-state index contributed by atoms with van der Waals surface area (Å²) in [6.07, 6.45) is 0.567. The molecule has 0 radical (unpaired) electrons. The average Bonchev–Trinajstić information content (AvgIpc) is 2.03. The molecule has 1 N–H and O–H groups in total. The van der Waals surface area contributed by atoms with Gasteiger partial charge in [-0.2, -0.15) is 0 Å². The Hall–Kier alpha value is -1.51. The molecule has 0 atom stereocenters. The first-order valence-corrected chi connectivity index (χ1v) is 3.68. The van der Waals surface area contributed by atoms with E-state index in [0.29, 0.717) is 12.0 Å². The van der Waals surface area contributed by atoms with Gasteiger partial charge in [0.05, 0.1) is 5.56 Å². The molecule has 12 heavy (non-hydrogen) atoms. The highest BCUT2D eigenvalue weighted by Gasteiger charge is 2.06. The van der Waals surface area contributed by atoms with Crippen LogP contribution in [0.4, 0.5) is 0 Å². The first-order chi connectivity index (χ1) is 5.65. The highest BCUT2D eigenvalue weighted by atomic mass is 16.4. The van der Waals surface area contributed by atoms with Crippen LogP contribution in [0.25, 0.3) is 0 Å². The van der Waals surface area contributed by atoms with Gasteiger partial charge in [0.15, 0.2) is 0 Å². The van der Waals surface area contributed by atoms with E-state index in [-0.39, 0.29) is 11.3 Å². The second-order valence-corrected chi connectivity index (χ2v) is 2.48. The largest absolute Gasteiger partial charge is 0.872 e. The van der Waals surface area contributed by atoms with Gasteiger partial charge >= 0.3 is 5.97 Å². The molecule has 0 bridgehead atoms. The van der Waals surface area contributed by atoms with Crippen LogP contribution in [0.1, 0.15) is 22.8 Å². The average molecular weight is 165 g/mol. The number of hydrogen-bond donors (Lipinski definition) is 1. The van der Waals surface area contributed by atoms with Gasteiger partial charge < -0.3 is 10.2 Å². The van der Waals surface area contributed by atoms with Gasteiger partial charge in [-0.25, -0.2) is 4.79 Å². The molecule has 1 aromatic carbocycles. The van der Waals surface area contributed by atoms with Crippen LogP contribution in [-0.4, -0.2) is 11.1 Å². The molecule has 3 heteroatoms. The number of benzene rings is 1. The zero-order valence-corrected chi connectivity index (χ0v) is 6.70. The van der Waals surface area contributed by atoms with Crippen molar-refractivity contribution in [2.45, 2.75) is 13.3 Å². The summed E-state index contributed by atoms with van der Waals surface area (Å²) in [5, 5.41) is 19.5. The van der Waals surface area contributed by atoms with Crippen molar-refractivity contribution in [3.63, 3.8) is 0 Å². The fraction of sp³-hybridized carbons (Fsp3) is 0.222. The lowest BCUT2D eigenvalue weighted by Gasteiger charge is -2.09. The molecule has 0 aliphatic carbocycles. The van der Waals surface area contributed by atoms with Crippen LogP contribution >= 0.6 is 0 Å².